The number of allylic oxidation sites excluding steroid dienone is 1. The number of ether oxygens (including phenoxy) is 3. The molecule has 0 saturated heterocycles. The lowest BCUT2D eigenvalue weighted by molar-refractivity contribution is -0.139. The first kappa shape index (κ1) is 29.8. The van der Waals surface area contributed by atoms with Gasteiger partial charge < -0.3 is 18.4 Å². The largest absolute Gasteiger partial charge is 0.493 e. The number of aromatic nitrogens is 1. The van der Waals surface area contributed by atoms with Gasteiger partial charge in [-0.2, -0.15) is 8.42 Å². The molecule has 1 aromatic heterocycles. The lowest BCUT2D eigenvalue weighted by Crippen LogP contribution is -2.40. The smallest absolute Gasteiger partial charge is 0.339 e. The molecule has 3 aromatic carbocycles. The number of fused-ring (bicyclic) bond motifs is 1. The zero-order valence-corrected chi connectivity index (χ0v) is 25.4. The van der Waals surface area contributed by atoms with Gasteiger partial charge in [0, 0.05) is 5.56 Å². The summed E-state index contributed by atoms with van der Waals surface area (Å²) in [7, 11) is -1.11. The average molecular weight is 621 g/mol. The molecule has 5 rings (SSSR count). The summed E-state index contributed by atoms with van der Waals surface area (Å²) in [5, 5.41) is 0. The highest BCUT2D eigenvalue weighted by Gasteiger charge is 2.34. The Hall–Kier alpha value is -4.68. The Morgan fingerprint density at radius 3 is 2.37 bits per heavy atom. The number of esters is 1. The van der Waals surface area contributed by atoms with Crippen LogP contribution in [0.2, 0.25) is 0 Å². The van der Waals surface area contributed by atoms with Gasteiger partial charge in [-0.25, -0.2) is 9.79 Å². The number of carbonyl (C=O) groups excluding carboxylic acids is 1. The number of hydrogen-bond donors (Lipinski definition) is 0. The first-order valence-electron chi connectivity index (χ1n) is 13.2. The minimum Gasteiger partial charge on any atom is -0.493 e. The summed E-state index contributed by atoms with van der Waals surface area (Å²) in [5.74, 6) is 0.365. The molecule has 0 amide bonds. The summed E-state index contributed by atoms with van der Waals surface area (Å²) in [6.45, 7) is 3.53. The highest BCUT2D eigenvalue weighted by molar-refractivity contribution is 7.87. The van der Waals surface area contributed by atoms with E-state index in [0.717, 1.165) is 11.3 Å². The van der Waals surface area contributed by atoms with E-state index < -0.39 is 27.7 Å². The molecular weight excluding hydrogens is 592 g/mol. The number of benzene rings is 3. The number of para-hydroxylation sites is 1. The number of rotatable bonds is 9. The van der Waals surface area contributed by atoms with E-state index in [1.54, 1.807) is 74.5 Å². The standard InChI is InChI=1S/C31H28N2O8S2/c1-5-40-30(35)27-19(2)32-31-33(28(27)21-15-16-24(38-3)25(17-21)39-4)29(34)26(42-31)18-20-11-9-10-14-23(20)41-43(36,37)22-12-7-6-8-13-22/h6-18,28H,5H2,1-4H3/b26-18-/t28-/m0/s1. The fourth-order valence-corrected chi connectivity index (χ4v) is 6.71. The van der Waals surface area contributed by atoms with Crippen molar-refractivity contribution in [2.75, 3.05) is 20.8 Å². The predicted molar refractivity (Wildman–Crippen MR) is 161 cm³/mol. The third-order valence-corrected chi connectivity index (χ3v) is 8.91. The van der Waals surface area contributed by atoms with Crippen LogP contribution >= 0.6 is 11.3 Å². The van der Waals surface area contributed by atoms with Gasteiger partial charge in [0.25, 0.3) is 5.56 Å². The summed E-state index contributed by atoms with van der Waals surface area (Å²) in [5.41, 5.74) is 1.14. The molecule has 4 aromatic rings. The summed E-state index contributed by atoms with van der Waals surface area (Å²) in [6.07, 6.45) is 1.55. The van der Waals surface area contributed by atoms with Gasteiger partial charge in [0.2, 0.25) is 0 Å². The number of thiazole rings is 1. The molecule has 0 unspecified atom stereocenters. The second-order valence-corrected chi connectivity index (χ2v) is 11.9. The van der Waals surface area contributed by atoms with Crippen LogP contribution in [0.1, 0.15) is 31.0 Å². The highest BCUT2D eigenvalue weighted by atomic mass is 32.2. The predicted octanol–water partition coefficient (Wildman–Crippen LogP) is 3.58. The van der Waals surface area contributed by atoms with Crippen LogP contribution in [-0.4, -0.2) is 39.8 Å². The van der Waals surface area contributed by atoms with Crippen LogP contribution in [0.5, 0.6) is 17.2 Å². The SMILES string of the molecule is CCOC(=O)C1=C(C)N=c2s/c(=C\c3ccccc3OS(=O)(=O)c3ccccc3)c(=O)n2[C@H]1c1ccc(OC)c(OC)c1. The zero-order valence-electron chi connectivity index (χ0n) is 23.8. The summed E-state index contributed by atoms with van der Waals surface area (Å²) < 4.78 is 49.3. The number of carbonyl (C=O) groups is 1. The summed E-state index contributed by atoms with van der Waals surface area (Å²) >= 11 is 1.11. The fraction of sp³-hybridized carbons (Fsp3) is 0.194. The monoisotopic (exact) mass is 620 g/mol. The molecule has 0 aliphatic carbocycles. The van der Waals surface area contributed by atoms with E-state index in [4.69, 9.17) is 18.4 Å². The van der Waals surface area contributed by atoms with Crippen molar-refractivity contribution in [2.45, 2.75) is 24.8 Å². The van der Waals surface area contributed by atoms with E-state index >= 15 is 0 Å². The molecule has 43 heavy (non-hydrogen) atoms. The average Bonchev–Trinajstić information content (AvgIpc) is 3.31. The van der Waals surface area contributed by atoms with Gasteiger partial charge in [-0.15, -0.1) is 0 Å². The van der Waals surface area contributed by atoms with Crippen molar-refractivity contribution < 1.29 is 31.6 Å². The minimum absolute atomic E-state index is 0.000987. The Morgan fingerprint density at radius 2 is 1.67 bits per heavy atom. The van der Waals surface area contributed by atoms with Gasteiger partial charge in [0.15, 0.2) is 16.3 Å². The Kier molecular flexibility index (Phi) is 8.51. The lowest BCUT2D eigenvalue weighted by atomic mass is 9.95. The maximum atomic E-state index is 14.0. The van der Waals surface area contributed by atoms with Crippen molar-refractivity contribution in [1.82, 2.24) is 4.57 Å². The first-order valence-corrected chi connectivity index (χ1v) is 15.4. The second kappa shape index (κ2) is 12.3. The van der Waals surface area contributed by atoms with Crippen molar-refractivity contribution in [3.63, 3.8) is 0 Å². The zero-order chi connectivity index (χ0) is 30.7. The summed E-state index contributed by atoms with van der Waals surface area (Å²) in [4.78, 5) is 32.2. The Morgan fingerprint density at radius 1 is 0.977 bits per heavy atom. The van der Waals surface area contributed by atoms with Crippen LogP contribution < -0.4 is 28.5 Å². The van der Waals surface area contributed by atoms with Crippen molar-refractivity contribution >= 4 is 33.5 Å². The van der Waals surface area contributed by atoms with Crippen molar-refractivity contribution in [1.29, 1.82) is 0 Å². The van der Waals surface area contributed by atoms with E-state index in [0.29, 0.717) is 33.1 Å². The van der Waals surface area contributed by atoms with Crippen LogP contribution in [0.3, 0.4) is 0 Å². The molecule has 10 nitrogen and oxygen atoms in total. The Balaban J connectivity index is 1.67. The topological polar surface area (TPSA) is 122 Å². The molecule has 12 heteroatoms. The minimum atomic E-state index is -4.13. The molecule has 0 bridgehead atoms. The molecule has 0 radical (unpaired) electrons. The lowest BCUT2D eigenvalue weighted by Gasteiger charge is -2.25. The number of nitrogens with zero attached hydrogens (tertiary/aromatic N) is 2. The normalized spacial score (nSPS) is 15.0. The van der Waals surface area contributed by atoms with Gasteiger partial charge >= 0.3 is 16.1 Å². The maximum absolute atomic E-state index is 14.0. The molecule has 0 spiro atoms. The number of methoxy groups -OCH3 is 2. The van der Waals surface area contributed by atoms with Crippen molar-refractivity contribution in [3.8, 4) is 17.2 Å². The van der Waals surface area contributed by atoms with Crippen LogP contribution in [0.4, 0.5) is 0 Å². The third kappa shape index (κ3) is 5.84. The van der Waals surface area contributed by atoms with Crippen molar-refractivity contribution in [2.24, 2.45) is 4.99 Å². The Bertz CT molecular complexity index is 2010. The Labute approximate surface area is 251 Å². The maximum Gasteiger partial charge on any atom is 0.339 e. The van der Waals surface area contributed by atoms with Gasteiger partial charge in [-0.1, -0.05) is 53.8 Å². The number of hydrogen-bond acceptors (Lipinski definition) is 10. The summed E-state index contributed by atoms with van der Waals surface area (Å²) in [6, 6.07) is 18.6. The third-order valence-electron chi connectivity index (χ3n) is 6.68. The molecule has 1 aliphatic heterocycles. The van der Waals surface area contributed by atoms with E-state index in [9.17, 15) is 18.0 Å². The van der Waals surface area contributed by atoms with Gasteiger partial charge in [0.05, 0.1) is 42.7 Å². The van der Waals surface area contributed by atoms with Crippen LogP contribution in [-0.2, 0) is 19.6 Å². The first-order chi connectivity index (χ1) is 20.7. The molecule has 0 N–H and O–H groups in total. The van der Waals surface area contributed by atoms with E-state index in [2.05, 4.69) is 4.99 Å². The van der Waals surface area contributed by atoms with E-state index in [1.807, 2.05) is 0 Å². The molecule has 222 valence electrons. The van der Waals surface area contributed by atoms with E-state index in [1.165, 1.54) is 37.0 Å². The second-order valence-electron chi connectivity index (χ2n) is 9.31. The molecule has 0 saturated carbocycles. The van der Waals surface area contributed by atoms with Gasteiger partial charge in [-0.05, 0) is 55.8 Å². The molecule has 2 heterocycles. The molecule has 1 atom stereocenters. The van der Waals surface area contributed by atoms with Crippen molar-refractivity contribution in [3.05, 3.63) is 115 Å². The van der Waals surface area contributed by atoms with Gasteiger partial charge in [0.1, 0.15) is 10.6 Å². The quantitative estimate of drug-likeness (QED) is 0.206. The van der Waals surface area contributed by atoms with Crippen LogP contribution in [0, 0.1) is 0 Å². The molecular formula is C31H28N2O8S2. The van der Waals surface area contributed by atoms with Crippen LogP contribution in [0.15, 0.2) is 98.7 Å². The molecule has 1 aliphatic rings. The van der Waals surface area contributed by atoms with Crippen LogP contribution in [0.25, 0.3) is 6.08 Å². The van der Waals surface area contributed by atoms with E-state index in [-0.39, 0.29) is 27.4 Å². The highest BCUT2D eigenvalue weighted by Crippen LogP contribution is 2.36. The fourth-order valence-electron chi connectivity index (χ4n) is 4.70. The van der Waals surface area contributed by atoms with Gasteiger partial charge in [-0.3, -0.25) is 9.36 Å². The molecule has 0 fully saturated rings.